The molecule has 31 heavy (non-hydrogen) atoms. The van der Waals surface area contributed by atoms with Crippen LogP contribution in [0.15, 0.2) is 58.9 Å². The van der Waals surface area contributed by atoms with Gasteiger partial charge in [-0.3, -0.25) is 0 Å². The molecule has 2 rings (SSSR count). The molecule has 0 radical (unpaired) electrons. The normalized spacial score (nSPS) is 13.3. The lowest BCUT2D eigenvalue weighted by atomic mass is 9.93. The van der Waals surface area contributed by atoms with Crippen molar-refractivity contribution in [3.05, 3.63) is 69.5 Å². The highest BCUT2D eigenvalue weighted by Crippen LogP contribution is 2.22. The van der Waals surface area contributed by atoms with E-state index in [1.54, 1.807) is 14.2 Å². The molecular weight excluding hydrogens is 396 g/mol. The number of hydrogen-bond acceptors (Lipinski definition) is 8. The first-order chi connectivity index (χ1) is 14.9. The van der Waals surface area contributed by atoms with Gasteiger partial charge in [-0.2, -0.15) is 9.81 Å². The van der Waals surface area contributed by atoms with E-state index in [2.05, 4.69) is 34.8 Å². The maximum absolute atomic E-state index is 11.3. The highest BCUT2D eigenvalue weighted by molar-refractivity contribution is 5.30. The molecule has 0 bridgehead atoms. The average molecular weight is 429 g/mol. The molecule has 2 aromatic carbocycles. The van der Waals surface area contributed by atoms with E-state index >= 15 is 0 Å². The molecule has 168 valence electrons. The second-order valence-corrected chi connectivity index (χ2v) is 8.21. The van der Waals surface area contributed by atoms with E-state index in [-0.39, 0.29) is 5.41 Å². The van der Waals surface area contributed by atoms with Gasteiger partial charge in [0, 0.05) is 26.2 Å². The number of methoxy groups -OCH3 is 2. The van der Waals surface area contributed by atoms with E-state index in [1.165, 1.54) is 0 Å². The van der Waals surface area contributed by atoms with Crippen molar-refractivity contribution in [3.8, 4) is 11.5 Å². The van der Waals surface area contributed by atoms with Crippen molar-refractivity contribution in [1.29, 1.82) is 0 Å². The van der Waals surface area contributed by atoms with Crippen LogP contribution >= 0.6 is 0 Å². The van der Waals surface area contributed by atoms with Crippen LogP contribution in [0.4, 0.5) is 0 Å². The summed E-state index contributed by atoms with van der Waals surface area (Å²) in [4.78, 5) is 22.6. The molecule has 0 heterocycles. The van der Waals surface area contributed by atoms with Crippen LogP contribution in [-0.4, -0.2) is 40.4 Å². The quantitative estimate of drug-likeness (QED) is 0.437. The Bertz CT molecular complexity index is 742. The summed E-state index contributed by atoms with van der Waals surface area (Å²) in [5, 5.41) is 13.2. The number of rotatable bonds is 14. The lowest BCUT2D eigenvalue weighted by molar-refractivity contribution is 0.314. The second-order valence-electron chi connectivity index (χ2n) is 8.21. The molecule has 0 aliphatic rings. The van der Waals surface area contributed by atoms with Crippen LogP contribution in [0.25, 0.3) is 0 Å². The summed E-state index contributed by atoms with van der Waals surface area (Å²) >= 11 is 0. The molecule has 0 spiro atoms. The van der Waals surface area contributed by atoms with Crippen LogP contribution in [0.1, 0.15) is 37.1 Å². The molecule has 0 saturated heterocycles. The predicted octanol–water partition coefficient (Wildman–Crippen LogP) is 4.22. The number of nitroso groups, excluding NO2 is 2. The van der Waals surface area contributed by atoms with Gasteiger partial charge in [0.25, 0.3) is 0 Å². The Kier molecular flexibility index (Phi) is 9.55. The van der Waals surface area contributed by atoms with Crippen molar-refractivity contribution in [2.45, 2.75) is 25.9 Å². The van der Waals surface area contributed by atoms with Crippen molar-refractivity contribution >= 4 is 0 Å². The maximum atomic E-state index is 11.3. The summed E-state index contributed by atoms with van der Waals surface area (Å²) in [5.74, 6) is 1.48. The number of ether oxygens (including phenoxy) is 2. The summed E-state index contributed by atoms with van der Waals surface area (Å²) in [6.45, 7) is 6.49. The number of hydrogen-bond donors (Lipinski definition) is 2. The molecular formula is C23H32N4O4. The first-order valence-corrected chi connectivity index (χ1v) is 10.3. The minimum Gasteiger partial charge on any atom is -0.497 e. The third-order valence-corrected chi connectivity index (χ3v) is 5.14. The molecule has 8 heteroatoms. The SMILES string of the molecule is COc1ccc(C(CNCC(C)(C)CNCC(N=O)c2ccc(OC)cc2)N=O)cc1. The summed E-state index contributed by atoms with van der Waals surface area (Å²) in [5.41, 5.74) is 1.60. The molecule has 0 aliphatic heterocycles. The van der Waals surface area contributed by atoms with Gasteiger partial charge in [0.1, 0.15) is 23.6 Å². The molecule has 0 aliphatic carbocycles. The molecule has 0 fully saturated rings. The van der Waals surface area contributed by atoms with Gasteiger partial charge in [0.2, 0.25) is 0 Å². The highest BCUT2D eigenvalue weighted by Gasteiger charge is 2.20. The fourth-order valence-electron chi connectivity index (χ4n) is 3.24. The maximum Gasteiger partial charge on any atom is 0.129 e. The van der Waals surface area contributed by atoms with Crippen molar-refractivity contribution < 1.29 is 9.47 Å². The molecule has 2 atom stereocenters. The zero-order valence-corrected chi connectivity index (χ0v) is 18.6. The van der Waals surface area contributed by atoms with Crippen LogP contribution in [-0.2, 0) is 0 Å². The molecule has 8 nitrogen and oxygen atoms in total. The average Bonchev–Trinajstić information content (AvgIpc) is 2.80. The third kappa shape index (κ3) is 7.73. The van der Waals surface area contributed by atoms with E-state index in [9.17, 15) is 9.81 Å². The molecule has 2 unspecified atom stereocenters. The lowest BCUT2D eigenvalue weighted by Crippen LogP contribution is -2.40. The standard InChI is InChI=1S/C23H32N4O4/c1-23(2,15-24-13-21(26-28)17-5-9-19(30-3)10-6-17)16-25-14-22(27-29)18-7-11-20(31-4)12-8-18/h5-12,21-22,24-25H,13-16H2,1-4H3. The molecule has 0 saturated carbocycles. The lowest BCUT2D eigenvalue weighted by Gasteiger charge is -2.26. The van der Waals surface area contributed by atoms with Gasteiger partial charge < -0.3 is 20.1 Å². The zero-order chi connectivity index (χ0) is 22.7. The largest absolute Gasteiger partial charge is 0.497 e. The van der Waals surface area contributed by atoms with Crippen LogP contribution in [0.5, 0.6) is 11.5 Å². The second kappa shape index (κ2) is 12.1. The fraction of sp³-hybridized carbons (Fsp3) is 0.478. The molecule has 2 N–H and O–H groups in total. The summed E-state index contributed by atoms with van der Waals surface area (Å²) < 4.78 is 10.3. The van der Waals surface area contributed by atoms with Crippen LogP contribution < -0.4 is 20.1 Å². The smallest absolute Gasteiger partial charge is 0.129 e. The van der Waals surface area contributed by atoms with E-state index in [1.807, 2.05) is 48.5 Å². The highest BCUT2D eigenvalue weighted by atomic mass is 16.5. The first kappa shape index (κ1) is 24.4. The number of nitrogens with one attached hydrogen (secondary N) is 2. The Hall–Kier alpha value is -2.84. The molecule has 0 aromatic heterocycles. The van der Waals surface area contributed by atoms with Gasteiger partial charge in [0.15, 0.2) is 0 Å². The Morgan fingerprint density at radius 1 is 0.742 bits per heavy atom. The van der Waals surface area contributed by atoms with Crippen molar-refractivity contribution in [2.24, 2.45) is 15.8 Å². The fourth-order valence-corrected chi connectivity index (χ4v) is 3.24. The van der Waals surface area contributed by atoms with Gasteiger partial charge in [-0.1, -0.05) is 48.5 Å². The van der Waals surface area contributed by atoms with Gasteiger partial charge >= 0.3 is 0 Å². The van der Waals surface area contributed by atoms with Crippen molar-refractivity contribution in [1.82, 2.24) is 10.6 Å². The molecule has 0 amide bonds. The topological polar surface area (TPSA) is 101 Å². The van der Waals surface area contributed by atoms with Gasteiger partial charge in [0.05, 0.1) is 14.2 Å². The monoisotopic (exact) mass is 428 g/mol. The number of nitrogens with zero attached hydrogens (tertiary/aromatic N) is 2. The Morgan fingerprint density at radius 3 is 1.39 bits per heavy atom. The summed E-state index contributed by atoms with van der Waals surface area (Å²) in [7, 11) is 3.21. The zero-order valence-electron chi connectivity index (χ0n) is 18.6. The van der Waals surface area contributed by atoms with Crippen molar-refractivity contribution in [2.75, 3.05) is 40.4 Å². The van der Waals surface area contributed by atoms with E-state index in [0.29, 0.717) is 26.2 Å². The summed E-state index contributed by atoms with van der Waals surface area (Å²) in [6.07, 6.45) is 0. The first-order valence-electron chi connectivity index (χ1n) is 10.3. The Balaban J connectivity index is 1.79. The third-order valence-electron chi connectivity index (χ3n) is 5.14. The van der Waals surface area contributed by atoms with Gasteiger partial charge in [-0.25, -0.2) is 0 Å². The molecule has 2 aromatic rings. The van der Waals surface area contributed by atoms with E-state index in [4.69, 9.17) is 9.47 Å². The van der Waals surface area contributed by atoms with Crippen molar-refractivity contribution in [3.63, 3.8) is 0 Å². The minimum absolute atomic E-state index is 0.0965. The van der Waals surface area contributed by atoms with Gasteiger partial charge in [-0.15, -0.1) is 0 Å². The Labute approximate surface area is 183 Å². The number of benzene rings is 2. The minimum atomic E-state index is -0.464. The van der Waals surface area contributed by atoms with E-state index < -0.39 is 12.1 Å². The predicted molar refractivity (Wildman–Crippen MR) is 123 cm³/mol. The summed E-state index contributed by atoms with van der Waals surface area (Å²) in [6, 6.07) is 13.8. The van der Waals surface area contributed by atoms with Crippen LogP contribution in [0, 0.1) is 15.2 Å². The van der Waals surface area contributed by atoms with Gasteiger partial charge in [-0.05, 0) is 40.8 Å². The van der Waals surface area contributed by atoms with Crippen LogP contribution in [0.3, 0.4) is 0 Å². The Morgan fingerprint density at radius 2 is 1.10 bits per heavy atom. The van der Waals surface area contributed by atoms with Crippen LogP contribution in [0.2, 0.25) is 0 Å². The van der Waals surface area contributed by atoms with E-state index in [0.717, 1.165) is 22.6 Å².